The van der Waals surface area contributed by atoms with Crippen LogP contribution in [0.4, 0.5) is 0 Å². The Morgan fingerprint density at radius 1 is 1.10 bits per heavy atom. The van der Waals surface area contributed by atoms with E-state index >= 15 is 0 Å². The molecule has 1 saturated carbocycles. The number of benzene rings is 1. The highest BCUT2D eigenvalue weighted by atomic mass is 16.7. The van der Waals surface area contributed by atoms with Gasteiger partial charge in [-0.1, -0.05) is 24.3 Å². The summed E-state index contributed by atoms with van der Waals surface area (Å²) in [5.41, 5.74) is 1.62. The summed E-state index contributed by atoms with van der Waals surface area (Å²) < 4.78 is 12.1. The van der Waals surface area contributed by atoms with E-state index in [1.165, 1.54) is 5.56 Å². The molecule has 1 heterocycles. The van der Waals surface area contributed by atoms with Crippen LogP contribution in [-0.4, -0.2) is 24.1 Å². The number of ketones is 1. The maximum atomic E-state index is 11.1. The molecular weight excluding hydrogens is 251 g/mol. The van der Waals surface area contributed by atoms with Crippen LogP contribution in [0, 0.1) is 0 Å². The molecule has 2 fully saturated rings. The third kappa shape index (κ3) is 2.21. The first kappa shape index (κ1) is 13.8. The van der Waals surface area contributed by atoms with Crippen molar-refractivity contribution >= 4 is 18.4 Å². The van der Waals surface area contributed by atoms with Gasteiger partial charge in [-0.05, 0) is 44.6 Å². The molecule has 0 amide bonds. The van der Waals surface area contributed by atoms with E-state index in [0.717, 1.165) is 5.46 Å². The molecule has 0 N–H and O–H groups in total. The first-order valence-corrected chi connectivity index (χ1v) is 7.26. The summed E-state index contributed by atoms with van der Waals surface area (Å²) >= 11 is 0. The number of hydrogen-bond acceptors (Lipinski definition) is 3. The van der Waals surface area contributed by atoms with Crippen molar-refractivity contribution < 1.29 is 14.1 Å². The van der Waals surface area contributed by atoms with Gasteiger partial charge in [-0.25, -0.2) is 0 Å². The largest absolute Gasteiger partial charge is 0.494 e. The Balaban J connectivity index is 1.82. The predicted molar refractivity (Wildman–Crippen MR) is 79.1 cm³/mol. The quantitative estimate of drug-likeness (QED) is 0.776. The zero-order valence-corrected chi connectivity index (χ0v) is 12.6. The second kappa shape index (κ2) is 4.44. The number of hydrogen-bond donors (Lipinski definition) is 0. The molecule has 3 rings (SSSR count). The summed E-state index contributed by atoms with van der Waals surface area (Å²) in [6, 6.07) is 8.27. The molecule has 0 atom stereocenters. The highest BCUT2D eigenvalue weighted by molar-refractivity contribution is 6.62. The summed E-state index contributed by atoms with van der Waals surface area (Å²) in [7, 11) is -0.323. The van der Waals surface area contributed by atoms with Gasteiger partial charge in [-0.2, -0.15) is 0 Å². The Bertz CT molecular complexity index is 526. The van der Waals surface area contributed by atoms with E-state index in [1.807, 2.05) is 12.1 Å². The topological polar surface area (TPSA) is 35.5 Å². The number of carbonyl (C=O) groups excluding carboxylic acids is 1. The standard InChI is InChI=1S/C16H21BO3/c1-15(2)16(3,4)20-17(19-15)13-7-5-6-11(8-13)12-9-14(18)10-12/h5-8,12H,9-10H2,1-4H3. The molecule has 1 aromatic carbocycles. The van der Waals surface area contributed by atoms with Gasteiger partial charge in [0, 0.05) is 12.8 Å². The highest BCUT2D eigenvalue weighted by Gasteiger charge is 2.51. The van der Waals surface area contributed by atoms with Crippen LogP contribution in [0.1, 0.15) is 52.0 Å². The lowest BCUT2D eigenvalue weighted by molar-refractivity contribution is -0.124. The third-order valence-corrected chi connectivity index (χ3v) is 4.86. The maximum Gasteiger partial charge on any atom is 0.494 e. The zero-order valence-electron chi connectivity index (χ0n) is 12.6. The third-order valence-electron chi connectivity index (χ3n) is 4.86. The van der Waals surface area contributed by atoms with E-state index in [1.54, 1.807) is 0 Å². The molecule has 0 bridgehead atoms. The normalized spacial score (nSPS) is 24.8. The predicted octanol–water partition coefficient (Wildman–Crippen LogP) is 2.43. The van der Waals surface area contributed by atoms with Gasteiger partial charge in [0.1, 0.15) is 5.78 Å². The Morgan fingerprint density at radius 2 is 1.70 bits per heavy atom. The Morgan fingerprint density at radius 3 is 2.25 bits per heavy atom. The van der Waals surface area contributed by atoms with Crippen molar-refractivity contribution in [3.63, 3.8) is 0 Å². The lowest BCUT2D eigenvalue weighted by Gasteiger charge is -2.32. The second-order valence-corrected chi connectivity index (χ2v) is 6.90. The summed E-state index contributed by atoms with van der Waals surface area (Å²) in [5, 5.41) is 0. The second-order valence-electron chi connectivity index (χ2n) is 6.90. The highest BCUT2D eigenvalue weighted by Crippen LogP contribution is 2.37. The summed E-state index contributed by atoms with van der Waals surface area (Å²) in [6.45, 7) is 8.23. The molecule has 106 valence electrons. The van der Waals surface area contributed by atoms with Crippen molar-refractivity contribution in [2.45, 2.75) is 57.7 Å². The molecule has 0 unspecified atom stereocenters. The van der Waals surface area contributed by atoms with Crippen LogP contribution >= 0.6 is 0 Å². The molecule has 0 aromatic heterocycles. The lowest BCUT2D eigenvalue weighted by atomic mass is 9.73. The minimum absolute atomic E-state index is 0.319. The summed E-state index contributed by atoms with van der Waals surface area (Å²) in [6.07, 6.45) is 1.35. The van der Waals surface area contributed by atoms with Crippen LogP contribution in [0.25, 0.3) is 0 Å². The van der Waals surface area contributed by atoms with Gasteiger partial charge in [0.15, 0.2) is 0 Å². The van der Waals surface area contributed by atoms with Crippen LogP contribution < -0.4 is 5.46 Å². The summed E-state index contributed by atoms with van der Waals surface area (Å²) in [4.78, 5) is 11.1. The van der Waals surface area contributed by atoms with E-state index in [4.69, 9.17) is 9.31 Å². The lowest BCUT2D eigenvalue weighted by Crippen LogP contribution is -2.41. The van der Waals surface area contributed by atoms with Gasteiger partial charge >= 0.3 is 7.12 Å². The van der Waals surface area contributed by atoms with Crippen LogP contribution in [-0.2, 0) is 14.1 Å². The summed E-state index contributed by atoms with van der Waals surface area (Å²) in [5.74, 6) is 0.737. The van der Waals surface area contributed by atoms with Crippen LogP contribution in [0.15, 0.2) is 24.3 Å². The van der Waals surface area contributed by atoms with Crippen LogP contribution in [0.3, 0.4) is 0 Å². The fourth-order valence-corrected chi connectivity index (χ4v) is 2.66. The van der Waals surface area contributed by atoms with E-state index in [2.05, 4.69) is 39.8 Å². The van der Waals surface area contributed by atoms with Crippen molar-refractivity contribution in [3.8, 4) is 0 Å². The van der Waals surface area contributed by atoms with Gasteiger partial charge in [-0.3, -0.25) is 4.79 Å². The van der Waals surface area contributed by atoms with Crippen molar-refractivity contribution in [2.75, 3.05) is 0 Å². The van der Waals surface area contributed by atoms with Crippen LogP contribution in [0.2, 0.25) is 0 Å². The minimum Gasteiger partial charge on any atom is -0.399 e. The fourth-order valence-electron chi connectivity index (χ4n) is 2.66. The van der Waals surface area contributed by atoms with Crippen molar-refractivity contribution in [1.29, 1.82) is 0 Å². The fraction of sp³-hybridized carbons (Fsp3) is 0.562. The van der Waals surface area contributed by atoms with E-state index in [0.29, 0.717) is 24.5 Å². The molecule has 4 heteroatoms. The Labute approximate surface area is 120 Å². The van der Waals surface area contributed by atoms with E-state index in [-0.39, 0.29) is 18.3 Å². The van der Waals surface area contributed by atoms with Gasteiger partial charge < -0.3 is 9.31 Å². The monoisotopic (exact) mass is 272 g/mol. The van der Waals surface area contributed by atoms with Gasteiger partial charge in [0.25, 0.3) is 0 Å². The molecular formula is C16H21BO3. The average Bonchev–Trinajstić information content (AvgIpc) is 2.55. The van der Waals surface area contributed by atoms with Crippen molar-refractivity contribution in [1.82, 2.24) is 0 Å². The molecule has 0 radical (unpaired) electrons. The zero-order chi connectivity index (χ0) is 14.5. The average molecular weight is 272 g/mol. The molecule has 1 aliphatic carbocycles. The smallest absolute Gasteiger partial charge is 0.399 e. The number of rotatable bonds is 2. The molecule has 1 saturated heterocycles. The van der Waals surface area contributed by atoms with Crippen LogP contribution in [0.5, 0.6) is 0 Å². The molecule has 1 aromatic rings. The SMILES string of the molecule is CC1(C)OB(c2cccc(C3CC(=O)C3)c2)OC1(C)C. The molecule has 20 heavy (non-hydrogen) atoms. The van der Waals surface area contributed by atoms with Crippen molar-refractivity contribution in [2.24, 2.45) is 0 Å². The molecule has 2 aliphatic rings. The Kier molecular flexibility index (Phi) is 3.07. The van der Waals surface area contributed by atoms with Crippen molar-refractivity contribution in [3.05, 3.63) is 29.8 Å². The number of carbonyl (C=O) groups is 1. The first-order chi connectivity index (χ1) is 9.28. The van der Waals surface area contributed by atoms with E-state index < -0.39 is 0 Å². The molecule has 0 spiro atoms. The molecule has 3 nitrogen and oxygen atoms in total. The maximum absolute atomic E-state index is 11.1. The van der Waals surface area contributed by atoms with E-state index in [9.17, 15) is 4.79 Å². The first-order valence-electron chi connectivity index (χ1n) is 7.26. The minimum atomic E-state index is -0.323. The van der Waals surface area contributed by atoms with Gasteiger partial charge in [0.2, 0.25) is 0 Å². The number of Topliss-reactive ketones (excluding diaryl/α,β-unsaturated/α-hetero) is 1. The molecule has 1 aliphatic heterocycles. The van der Waals surface area contributed by atoms with Gasteiger partial charge in [-0.15, -0.1) is 0 Å². The van der Waals surface area contributed by atoms with Gasteiger partial charge in [0.05, 0.1) is 11.2 Å². The Hall–Kier alpha value is -1.13.